The van der Waals surface area contributed by atoms with Crippen molar-refractivity contribution in [2.24, 2.45) is 5.92 Å². The fourth-order valence-corrected chi connectivity index (χ4v) is 1.96. The highest BCUT2D eigenvalue weighted by Gasteiger charge is 2.15. The van der Waals surface area contributed by atoms with Crippen molar-refractivity contribution in [1.29, 1.82) is 0 Å². The van der Waals surface area contributed by atoms with E-state index in [1.807, 2.05) is 6.20 Å². The van der Waals surface area contributed by atoms with Gasteiger partial charge in [0.15, 0.2) is 5.65 Å². The third-order valence-electron chi connectivity index (χ3n) is 3.07. The van der Waals surface area contributed by atoms with E-state index in [0.717, 1.165) is 25.1 Å². The highest BCUT2D eigenvalue weighted by molar-refractivity contribution is 5.32. The Bertz CT molecular complexity index is 492. The van der Waals surface area contributed by atoms with Crippen LogP contribution in [0.15, 0.2) is 12.4 Å². The number of hydrogen-bond donors (Lipinski definition) is 1. The van der Waals surface area contributed by atoms with Crippen LogP contribution in [0.5, 0.6) is 0 Å². The average molecular weight is 248 g/mol. The maximum Gasteiger partial charge on any atom is 0.197 e. The van der Waals surface area contributed by atoms with E-state index in [4.69, 9.17) is 0 Å². The summed E-state index contributed by atoms with van der Waals surface area (Å²) in [5.41, 5.74) is 1.74. The Balaban J connectivity index is 2.17. The molecule has 6 nitrogen and oxygen atoms in total. The fourth-order valence-electron chi connectivity index (χ4n) is 1.96. The molecule has 2 rings (SSSR count). The normalized spacial score (nSPS) is 13.3. The molecular weight excluding hydrogens is 228 g/mol. The van der Waals surface area contributed by atoms with Gasteiger partial charge in [0.1, 0.15) is 0 Å². The first-order chi connectivity index (χ1) is 8.72. The van der Waals surface area contributed by atoms with Gasteiger partial charge in [-0.25, -0.2) is 0 Å². The molecule has 0 saturated heterocycles. The number of rotatable bonds is 6. The van der Waals surface area contributed by atoms with Crippen molar-refractivity contribution in [3.63, 3.8) is 0 Å². The number of hydrogen-bond acceptors (Lipinski definition) is 5. The maximum absolute atomic E-state index is 4.19. The van der Waals surface area contributed by atoms with E-state index in [2.05, 4.69) is 46.6 Å². The molecule has 0 fully saturated rings. The lowest BCUT2D eigenvalue weighted by molar-refractivity contribution is 0.391. The van der Waals surface area contributed by atoms with Gasteiger partial charge in [-0.15, -0.1) is 5.10 Å². The first-order valence-electron chi connectivity index (χ1n) is 6.46. The number of nitrogens with zero attached hydrogens (tertiary/aromatic N) is 5. The van der Waals surface area contributed by atoms with Crippen LogP contribution in [-0.2, 0) is 6.42 Å². The van der Waals surface area contributed by atoms with E-state index < -0.39 is 0 Å². The summed E-state index contributed by atoms with van der Waals surface area (Å²) in [6.45, 7) is 7.65. The van der Waals surface area contributed by atoms with Gasteiger partial charge in [0.05, 0.1) is 11.9 Å². The van der Waals surface area contributed by atoms with Crippen LogP contribution in [0.25, 0.3) is 5.65 Å². The second kappa shape index (κ2) is 5.86. The van der Waals surface area contributed by atoms with Crippen LogP contribution in [0, 0.1) is 5.92 Å². The van der Waals surface area contributed by atoms with E-state index in [1.54, 1.807) is 10.7 Å². The zero-order chi connectivity index (χ0) is 13.0. The van der Waals surface area contributed by atoms with Gasteiger partial charge in [-0.05, 0) is 29.3 Å². The van der Waals surface area contributed by atoms with Crippen LogP contribution < -0.4 is 5.32 Å². The first-order valence-corrected chi connectivity index (χ1v) is 6.46. The van der Waals surface area contributed by atoms with Gasteiger partial charge in [-0.3, -0.25) is 4.98 Å². The number of fused-ring (bicyclic) bond motifs is 1. The highest BCUT2D eigenvalue weighted by atomic mass is 15.5. The lowest BCUT2D eigenvalue weighted by atomic mass is 9.99. The lowest BCUT2D eigenvalue weighted by Crippen LogP contribution is -2.36. The standard InChI is InChI=1S/C12H20N6/c1-4-5-14-11(9(2)3)6-10-7-13-8-12-15-16-17-18(10)12/h7-9,11,14H,4-6H2,1-3H3. The van der Waals surface area contributed by atoms with E-state index in [0.29, 0.717) is 17.6 Å². The molecule has 1 unspecified atom stereocenters. The minimum Gasteiger partial charge on any atom is -0.313 e. The Hall–Kier alpha value is -1.56. The summed E-state index contributed by atoms with van der Waals surface area (Å²) in [6, 6.07) is 0.418. The number of tetrazole rings is 1. The van der Waals surface area contributed by atoms with Gasteiger partial charge >= 0.3 is 0 Å². The molecule has 2 aromatic rings. The third-order valence-corrected chi connectivity index (χ3v) is 3.07. The van der Waals surface area contributed by atoms with Gasteiger partial charge in [0, 0.05) is 18.7 Å². The molecule has 2 heterocycles. The topological polar surface area (TPSA) is 68.0 Å². The van der Waals surface area contributed by atoms with Crippen molar-refractivity contribution >= 4 is 5.65 Å². The molecule has 0 aliphatic carbocycles. The zero-order valence-corrected chi connectivity index (χ0v) is 11.2. The largest absolute Gasteiger partial charge is 0.313 e. The molecule has 0 saturated carbocycles. The molecule has 18 heavy (non-hydrogen) atoms. The van der Waals surface area contributed by atoms with Gasteiger partial charge in [-0.1, -0.05) is 20.8 Å². The molecule has 2 aromatic heterocycles. The summed E-state index contributed by atoms with van der Waals surface area (Å²) in [4.78, 5) is 4.19. The predicted molar refractivity (Wildman–Crippen MR) is 69.2 cm³/mol. The van der Waals surface area contributed by atoms with Crippen molar-refractivity contribution in [1.82, 2.24) is 30.3 Å². The Morgan fingerprint density at radius 2 is 2.17 bits per heavy atom. The zero-order valence-electron chi connectivity index (χ0n) is 11.2. The third kappa shape index (κ3) is 2.81. The minimum atomic E-state index is 0.418. The molecule has 0 radical (unpaired) electrons. The summed E-state index contributed by atoms with van der Waals surface area (Å²) in [5, 5.41) is 15.2. The Kier molecular flexibility index (Phi) is 4.19. The average Bonchev–Trinajstić information content (AvgIpc) is 2.83. The van der Waals surface area contributed by atoms with Crippen molar-refractivity contribution < 1.29 is 0 Å². The van der Waals surface area contributed by atoms with Gasteiger partial charge in [0.25, 0.3) is 0 Å². The molecule has 6 heteroatoms. The van der Waals surface area contributed by atoms with E-state index in [1.165, 1.54) is 0 Å². The molecule has 98 valence electrons. The monoisotopic (exact) mass is 248 g/mol. The molecule has 1 atom stereocenters. The summed E-state index contributed by atoms with van der Waals surface area (Å²) < 4.78 is 1.76. The van der Waals surface area contributed by atoms with Crippen LogP contribution in [0.3, 0.4) is 0 Å². The van der Waals surface area contributed by atoms with E-state index in [-0.39, 0.29) is 0 Å². The van der Waals surface area contributed by atoms with Gasteiger partial charge in [-0.2, -0.15) is 4.52 Å². The van der Waals surface area contributed by atoms with Crippen molar-refractivity contribution in [3.8, 4) is 0 Å². The molecule has 1 N–H and O–H groups in total. The SMILES string of the molecule is CCCNC(Cc1cncc2nnnn12)C(C)C. The fraction of sp³-hybridized carbons (Fsp3) is 0.667. The molecular formula is C12H20N6. The van der Waals surface area contributed by atoms with Crippen LogP contribution in [-0.4, -0.2) is 37.6 Å². The van der Waals surface area contributed by atoms with E-state index >= 15 is 0 Å². The Labute approximate surface area is 107 Å². The van der Waals surface area contributed by atoms with Crippen LogP contribution >= 0.6 is 0 Å². The quantitative estimate of drug-likeness (QED) is 0.828. The summed E-state index contributed by atoms with van der Waals surface area (Å²) >= 11 is 0. The lowest BCUT2D eigenvalue weighted by Gasteiger charge is -2.22. The summed E-state index contributed by atoms with van der Waals surface area (Å²) in [7, 11) is 0. The maximum atomic E-state index is 4.19. The Morgan fingerprint density at radius 3 is 2.89 bits per heavy atom. The molecule has 0 aliphatic rings. The second-order valence-corrected chi connectivity index (χ2v) is 4.86. The Morgan fingerprint density at radius 1 is 1.33 bits per heavy atom. The van der Waals surface area contributed by atoms with Gasteiger partial charge < -0.3 is 5.32 Å². The first kappa shape index (κ1) is 12.9. The number of aromatic nitrogens is 5. The van der Waals surface area contributed by atoms with Crippen molar-refractivity contribution in [2.45, 2.75) is 39.7 Å². The molecule has 0 bridgehead atoms. The summed E-state index contributed by atoms with van der Waals surface area (Å²) in [5.74, 6) is 0.559. The van der Waals surface area contributed by atoms with Crippen LogP contribution in [0.2, 0.25) is 0 Å². The highest BCUT2D eigenvalue weighted by Crippen LogP contribution is 2.10. The van der Waals surface area contributed by atoms with E-state index in [9.17, 15) is 0 Å². The van der Waals surface area contributed by atoms with Crippen molar-refractivity contribution in [3.05, 3.63) is 18.1 Å². The molecule has 0 aromatic carbocycles. The molecule has 0 spiro atoms. The van der Waals surface area contributed by atoms with Crippen LogP contribution in [0.1, 0.15) is 32.9 Å². The predicted octanol–water partition coefficient (Wildman–Crippen LogP) is 1.09. The smallest absolute Gasteiger partial charge is 0.197 e. The molecule has 0 amide bonds. The van der Waals surface area contributed by atoms with Crippen LogP contribution in [0.4, 0.5) is 0 Å². The molecule has 0 aliphatic heterocycles. The summed E-state index contributed by atoms with van der Waals surface area (Å²) in [6.07, 6.45) is 5.53. The van der Waals surface area contributed by atoms with Crippen molar-refractivity contribution in [2.75, 3.05) is 6.54 Å². The number of nitrogens with one attached hydrogen (secondary N) is 1. The van der Waals surface area contributed by atoms with Gasteiger partial charge in [0.2, 0.25) is 0 Å². The minimum absolute atomic E-state index is 0.418. The second-order valence-electron chi connectivity index (χ2n) is 4.86.